The van der Waals surface area contributed by atoms with Gasteiger partial charge in [0.05, 0.1) is 6.61 Å². The number of fused-ring (bicyclic) bond motifs is 3. The number of hydrogen-bond acceptors (Lipinski definition) is 5. The van der Waals surface area contributed by atoms with E-state index in [-0.39, 0.29) is 5.71 Å². The van der Waals surface area contributed by atoms with Crippen LogP contribution in [-0.2, 0) is 9.53 Å². The highest BCUT2D eigenvalue weighted by Gasteiger charge is 2.26. The van der Waals surface area contributed by atoms with Crippen LogP contribution in [0.1, 0.15) is 23.6 Å². The van der Waals surface area contributed by atoms with Crippen LogP contribution in [0.4, 0.5) is 0 Å². The zero-order valence-electron chi connectivity index (χ0n) is 16.3. The Morgan fingerprint density at radius 2 is 1.40 bits per heavy atom. The lowest BCUT2D eigenvalue weighted by molar-refractivity contribution is -0.128. The summed E-state index contributed by atoms with van der Waals surface area (Å²) in [6.45, 7) is 2.53. The Balaban J connectivity index is 1.49. The van der Waals surface area contributed by atoms with Crippen molar-refractivity contribution in [3.05, 3.63) is 95.6 Å². The standard InChI is InChI=1S/C25H18N2O3/c1-2-29-17-13-11-16(12-14-17)23-15-22(25(28)30-23)26-27-24-20-9-5-3-7-18(20)19-8-4-6-10-21(19)24/h3-15H,2H2,1H3. The highest BCUT2D eigenvalue weighted by molar-refractivity contribution is 6.45. The summed E-state index contributed by atoms with van der Waals surface area (Å²) in [5.74, 6) is 0.710. The van der Waals surface area contributed by atoms with Crippen LogP contribution < -0.4 is 4.74 Å². The summed E-state index contributed by atoms with van der Waals surface area (Å²) in [4.78, 5) is 12.3. The number of carbonyl (C=O) groups is 1. The minimum atomic E-state index is -0.511. The first kappa shape index (κ1) is 18.1. The van der Waals surface area contributed by atoms with Crippen molar-refractivity contribution in [2.24, 2.45) is 10.2 Å². The molecule has 0 aromatic heterocycles. The number of esters is 1. The smallest absolute Gasteiger partial charge is 0.364 e. The maximum Gasteiger partial charge on any atom is 0.364 e. The van der Waals surface area contributed by atoms with Crippen molar-refractivity contribution in [3.63, 3.8) is 0 Å². The molecule has 0 radical (unpaired) electrons. The Morgan fingerprint density at radius 3 is 2.00 bits per heavy atom. The van der Waals surface area contributed by atoms with Crippen LogP contribution in [0.15, 0.2) is 89.1 Å². The molecule has 2 aliphatic rings. The van der Waals surface area contributed by atoms with Crippen molar-refractivity contribution >= 4 is 23.2 Å². The quantitative estimate of drug-likeness (QED) is 0.367. The normalized spacial score (nSPS) is 15.5. The van der Waals surface area contributed by atoms with Crippen molar-refractivity contribution in [2.75, 3.05) is 6.61 Å². The molecule has 1 aliphatic heterocycles. The second kappa shape index (κ2) is 7.44. The Labute approximate surface area is 174 Å². The van der Waals surface area contributed by atoms with Crippen LogP contribution in [0, 0.1) is 0 Å². The molecular weight excluding hydrogens is 376 g/mol. The maximum atomic E-state index is 12.3. The third-order valence-electron chi connectivity index (χ3n) is 5.04. The molecule has 0 saturated heterocycles. The molecule has 3 aromatic rings. The second-order valence-corrected chi connectivity index (χ2v) is 6.88. The van der Waals surface area contributed by atoms with Gasteiger partial charge in [-0.2, -0.15) is 0 Å². The molecule has 0 unspecified atom stereocenters. The molecule has 0 N–H and O–H groups in total. The molecule has 0 spiro atoms. The van der Waals surface area contributed by atoms with Gasteiger partial charge in [-0.3, -0.25) is 0 Å². The summed E-state index contributed by atoms with van der Waals surface area (Å²) in [5, 5.41) is 8.68. The van der Waals surface area contributed by atoms with Crippen molar-refractivity contribution < 1.29 is 14.3 Å². The van der Waals surface area contributed by atoms with Gasteiger partial charge in [0.25, 0.3) is 0 Å². The van der Waals surface area contributed by atoms with Gasteiger partial charge in [-0.05, 0) is 42.3 Å². The summed E-state index contributed by atoms with van der Waals surface area (Å²) < 4.78 is 10.8. The number of hydrogen-bond donors (Lipinski definition) is 0. The van der Waals surface area contributed by atoms with Crippen LogP contribution in [-0.4, -0.2) is 24.0 Å². The van der Waals surface area contributed by atoms with Crippen LogP contribution in [0.25, 0.3) is 16.9 Å². The lowest BCUT2D eigenvalue weighted by Gasteiger charge is -2.04. The number of rotatable bonds is 4. The summed E-state index contributed by atoms with van der Waals surface area (Å²) >= 11 is 0. The Hall–Kier alpha value is -3.99. The first-order chi connectivity index (χ1) is 14.7. The number of benzene rings is 3. The van der Waals surface area contributed by atoms with Crippen LogP contribution >= 0.6 is 0 Å². The van der Waals surface area contributed by atoms with Crippen molar-refractivity contribution in [1.82, 2.24) is 0 Å². The summed E-state index contributed by atoms with van der Waals surface area (Å²) in [6.07, 6.45) is 1.62. The lowest BCUT2D eigenvalue weighted by Crippen LogP contribution is -2.07. The van der Waals surface area contributed by atoms with Gasteiger partial charge in [-0.1, -0.05) is 48.5 Å². The van der Waals surface area contributed by atoms with E-state index in [0.717, 1.165) is 39.3 Å². The highest BCUT2D eigenvalue weighted by Crippen LogP contribution is 2.36. The minimum absolute atomic E-state index is 0.174. The van der Waals surface area contributed by atoms with Crippen molar-refractivity contribution in [2.45, 2.75) is 6.92 Å². The van der Waals surface area contributed by atoms with E-state index < -0.39 is 5.97 Å². The summed E-state index contributed by atoms with van der Waals surface area (Å²) in [6, 6.07) is 23.5. The van der Waals surface area contributed by atoms with Gasteiger partial charge in [0.15, 0.2) is 5.71 Å². The molecule has 0 atom stereocenters. The zero-order chi connectivity index (χ0) is 20.5. The maximum absolute atomic E-state index is 12.3. The van der Waals surface area contributed by atoms with E-state index in [9.17, 15) is 4.79 Å². The molecule has 0 bridgehead atoms. The minimum Gasteiger partial charge on any atom is -0.494 e. The monoisotopic (exact) mass is 394 g/mol. The van der Waals surface area contributed by atoms with E-state index in [1.165, 1.54) is 0 Å². The largest absolute Gasteiger partial charge is 0.494 e. The third kappa shape index (κ3) is 3.10. The van der Waals surface area contributed by atoms with E-state index in [2.05, 4.69) is 22.3 Å². The lowest BCUT2D eigenvalue weighted by atomic mass is 10.1. The molecule has 3 aromatic carbocycles. The van der Waals surface area contributed by atoms with Gasteiger partial charge >= 0.3 is 5.97 Å². The molecule has 0 fully saturated rings. The molecular formula is C25H18N2O3. The van der Waals surface area contributed by atoms with Crippen LogP contribution in [0.2, 0.25) is 0 Å². The molecule has 0 saturated carbocycles. The van der Waals surface area contributed by atoms with E-state index in [1.54, 1.807) is 6.08 Å². The van der Waals surface area contributed by atoms with Crippen molar-refractivity contribution in [1.29, 1.82) is 0 Å². The average Bonchev–Trinajstić information content (AvgIpc) is 3.31. The number of nitrogens with zero attached hydrogens (tertiary/aromatic N) is 2. The molecule has 146 valence electrons. The van der Waals surface area contributed by atoms with E-state index >= 15 is 0 Å². The van der Waals surface area contributed by atoms with E-state index in [4.69, 9.17) is 9.47 Å². The van der Waals surface area contributed by atoms with Crippen LogP contribution in [0.5, 0.6) is 5.75 Å². The molecule has 0 amide bonds. The van der Waals surface area contributed by atoms with E-state index in [0.29, 0.717) is 12.4 Å². The Bertz CT molecular complexity index is 1190. The number of ether oxygens (including phenoxy) is 2. The molecule has 5 heteroatoms. The first-order valence-electron chi connectivity index (χ1n) is 9.76. The molecule has 5 nitrogen and oxygen atoms in total. The van der Waals surface area contributed by atoms with Crippen molar-refractivity contribution in [3.8, 4) is 16.9 Å². The van der Waals surface area contributed by atoms with Gasteiger partial charge in [0, 0.05) is 22.8 Å². The molecule has 30 heavy (non-hydrogen) atoms. The Kier molecular flexibility index (Phi) is 4.48. The summed E-state index contributed by atoms with van der Waals surface area (Å²) in [7, 11) is 0. The van der Waals surface area contributed by atoms with Gasteiger partial charge < -0.3 is 9.47 Å². The summed E-state index contributed by atoms with van der Waals surface area (Å²) in [5.41, 5.74) is 5.95. The SMILES string of the molecule is CCOc1ccc(C2=CC(=NN=C3c4ccccc4-c4ccccc43)C(=O)O2)cc1. The number of cyclic esters (lactones) is 1. The second-order valence-electron chi connectivity index (χ2n) is 6.88. The number of carbonyl (C=O) groups excluding carboxylic acids is 1. The third-order valence-corrected chi connectivity index (χ3v) is 5.04. The molecule has 5 rings (SSSR count). The van der Waals surface area contributed by atoms with Gasteiger partial charge in [0.2, 0.25) is 0 Å². The Morgan fingerprint density at radius 1 is 0.800 bits per heavy atom. The van der Waals surface area contributed by atoms with Gasteiger partial charge in [-0.15, -0.1) is 10.2 Å². The molecule has 1 aliphatic carbocycles. The topological polar surface area (TPSA) is 60.2 Å². The average molecular weight is 394 g/mol. The van der Waals surface area contributed by atoms with Crippen LogP contribution in [0.3, 0.4) is 0 Å². The highest BCUT2D eigenvalue weighted by atomic mass is 16.5. The zero-order valence-corrected chi connectivity index (χ0v) is 16.3. The predicted octanol–water partition coefficient (Wildman–Crippen LogP) is 4.86. The first-order valence-corrected chi connectivity index (χ1v) is 9.76. The fourth-order valence-corrected chi connectivity index (χ4v) is 3.66. The molecule has 1 heterocycles. The van der Waals surface area contributed by atoms with E-state index in [1.807, 2.05) is 67.6 Å². The fourth-order valence-electron chi connectivity index (χ4n) is 3.66. The van der Waals surface area contributed by atoms with Gasteiger partial charge in [0.1, 0.15) is 17.2 Å². The van der Waals surface area contributed by atoms with Gasteiger partial charge in [-0.25, -0.2) is 4.79 Å². The fraction of sp³-hybridized carbons (Fsp3) is 0.0800. The predicted molar refractivity (Wildman–Crippen MR) is 117 cm³/mol.